The molecule has 108 valence electrons. The Balaban J connectivity index is 2.89. The van der Waals surface area contributed by atoms with Gasteiger partial charge in [0.25, 0.3) is 0 Å². The fraction of sp³-hybridized carbons (Fsp3) is 0.600. The standard InChI is InChI=1S/C15H23Cl2NO/c1-5-18(6-2)15(3,4)14(19)10-11-9-12(16)7-8-13(11)17/h7-9,14,19H,5-6,10H2,1-4H3. The highest BCUT2D eigenvalue weighted by atomic mass is 35.5. The van der Waals surface area contributed by atoms with Crippen LogP contribution in [0.25, 0.3) is 0 Å². The van der Waals surface area contributed by atoms with Gasteiger partial charge in [0.15, 0.2) is 0 Å². The molecule has 0 bridgehead atoms. The number of halogens is 2. The molecule has 0 heterocycles. The van der Waals surface area contributed by atoms with Crippen molar-refractivity contribution < 1.29 is 5.11 Å². The molecule has 0 aromatic heterocycles. The van der Waals surface area contributed by atoms with Gasteiger partial charge in [0.1, 0.15) is 0 Å². The van der Waals surface area contributed by atoms with E-state index in [1.165, 1.54) is 0 Å². The van der Waals surface area contributed by atoms with Crippen molar-refractivity contribution in [1.29, 1.82) is 0 Å². The molecule has 2 nitrogen and oxygen atoms in total. The second-order valence-electron chi connectivity index (χ2n) is 5.28. The van der Waals surface area contributed by atoms with Crippen molar-refractivity contribution in [3.63, 3.8) is 0 Å². The highest BCUT2D eigenvalue weighted by molar-refractivity contribution is 6.33. The number of rotatable bonds is 6. The highest BCUT2D eigenvalue weighted by Crippen LogP contribution is 2.26. The van der Waals surface area contributed by atoms with Crippen molar-refractivity contribution in [1.82, 2.24) is 4.90 Å². The van der Waals surface area contributed by atoms with Crippen LogP contribution < -0.4 is 0 Å². The van der Waals surface area contributed by atoms with E-state index in [0.29, 0.717) is 16.5 Å². The number of hydrogen-bond donors (Lipinski definition) is 1. The van der Waals surface area contributed by atoms with E-state index in [1.54, 1.807) is 12.1 Å². The normalized spacial score (nSPS) is 13.9. The Morgan fingerprint density at radius 1 is 1.21 bits per heavy atom. The molecule has 19 heavy (non-hydrogen) atoms. The van der Waals surface area contributed by atoms with Crippen LogP contribution in [0.4, 0.5) is 0 Å². The van der Waals surface area contributed by atoms with Gasteiger partial charge < -0.3 is 5.11 Å². The first-order chi connectivity index (χ1) is 8.82. The Morgan fingerprint density at radius 3 is 2.32 bits per heavy atom. The zero-order chi connectivity index (χ0) is 14.6. The number of nitrogens with zero attached hydrogens (tertiary/aromatic N) is 1. The SMILES string of the molecule is CCN(CC)C(C)(C)C(O)Cc1cc(Cl)ccc1Cl. The zero-order valence-corrected chi connectivity index (χ0v) is 13.6. The number of aliphatic hydroxyl groups excluding tert-OH is 1. The average molecular weight is 304 g/mol. The van der Waals surface area contributed by atoms with Crippen molar-refractivity contribution in [3.05, 3.63) is 33.8 Å². The predicted octanol–water partition coefficient (Wildman–Crippen LogP) is 4.02. The van der Waals surface area contributed by atoms with Gasteiger partial charge in [-0.05, 0) is 50.7 Å². The third kappa shape index (κ3) is 4.09. The summed E-state index contributed by atoms with van der Waals surface area (Å²) >= 11 is 12.1. The molecular formula is C15H23Cl2NO. The van der Waals surface area contributed by atoms with Crippen LogP contribution in [0.2, 0.25) is 10.0 Å². The smallest absolute Gasteiger partial charge is 0.0759 e. The van der Waals surface area contributed by atoms with E-state index in [2.05, 4.69) is 32.6 Å². The first-order valence-electron chi connectivity index (χ1n) is 6.69. The molecule has 0 aliphatic heterocycles. The van der Waals surface area contributed by atoms with Crippen molar-refractivity contribution in [2.45, 2.75) is 45.8 Å². The van der Waals surface area contributed by atoms with Crippen molar-refractivity contribution in [3.8, 4) is 0 Å². The molecular weight excluding hydrogens is 281 g/mol. The van der Waals surface area contributed by atoms with Crippen LogP contribution in [-0.4, -0.2) is 34.7 Å². The maximum absolute atomic E-state index is 10.5. The summed E-state index contributed by atoms with van der Waals surface area (Å²) in [4.78, 5) is 2.25. The minimum atomic E-state index is -0.497. The lowest BCUT2D eigenvalue weighted by Crippen LogP contribution is -2.53. The van der Waals surface area contributed by atoms with E-state index >= 15 is 0 Å². The Labute approximate surface area is 126 Å². The van der Waals surface area contributed by atoms with Gasteiger partial charge in [-0.1, -0.05) is 37.0 Å². The number of likely N-dealkylation sites (N-methyl/N-ethyl adjacent to an activating group) is 1. The molecule has 0 aliphatic rings. The zero-order valence-electron chi connectivity index (χ0n) is 12.1. The summed E-state index contributed by atoms with van der Waals surface area (Å²) in [7, 11) is 0. The van der Waals surface area contributed by atoms with E-state index in [9.17, 15) is 5.11 Å². The largest absolute Gasteiger partial charge is 0.391 e. The molecule has 1 aromatic rings. The van der Waals surface area contributed by atoms with E-state index < -0.39 is 6.10 Å². The van der Waals surface area contributed by atoms with E-state index in [1.807, 2.05) is 6.07 Å². The number of hydrogen-bond acceptors (Lipinski definition) is 2. The highest BCUT2D eigenvalue weighted by Gasteiger charge is 2.32. The molecule has 1 aromatic carbocycles. The van der Waals surface area contributed by atoms with Gasteiger partial charge in [-0.3, -0.25) is 4.90 Å². The fourth-order valence-electron chi connectivity index (χ4n) is 2.41. The summed E-state index contributed by atoms with van der Waals surface area (Å²) in [5, 5.41) is 11.8. The predicted molar refractivity (Wildman–Crippen MR) is 83.2 cm³/mol. The molecule has 0 radical (unpaired) electrons. The molecule has 1 atom stereocenters. The molecule has 4 heteroatoms. The lowest BCUT2D eigenvalue weighted by atomic mass is 9.90. The second-order valence-corrected chi connectivity index (χ2v) is 6.13. The molecule has 0 aliphatic carbocycles. The van der Waals surface area contributed by atoms with Crippen LogP contribution in [0.1, 0.15) is 33.3 Å². The van der Waals surface area contributed by atoms with Crippen LogP contribution >= 0.6 is 23.2 Å². The van der Waals surface area contributed by atoms with E-state index in [0.717, 1.165) is 18.7 Å². The third-order valence-electron chi connectivity index (χ3n) is 3.81. The van der Waals surface area contributed by atoms with Gasteiger partial charge in [0.05, 0.1) is 6.10 Å². The molecule has 0 saturated carbocycles. The van der Waals surface area contributed by atoms with Gasteiger partial charge in [0, 0.05) is 22.0 Å². The van der Waals surface area contributed by atoms with Crippen molar-refractivity contribution >= 4 is 23.2 Å². The summed E-state index contributed by atoms with van der Waals surface area (Å²) < 4.78 is 0. The minimum Gasteiger partial charge on any atom is -0.391 e. The quantitative estimate of drug-likeness (QED) is 0.858. The second kappa shape index (κ2) is 6.94. The van der Waals surface area contributed by atoms with Crippen LogP contribution in [0, 0.1) is 0 Å². The average Bonchev–Trinajstić information content (AvgIpc) is 2.35. The van der Waals surface area contributed by atoms with Gasteiger partial charge in [-0.2, -0.15) is 0 Å². The molecule has 0 saturated heterocycles. The molecule has 1 N–H and O–H groups in total. The fourth-order valence-corrected chi connectivity index (χ4v) is 2.80. The van der Waals surface area contributed by atoms with Gasteiger partial charge in [0.2, 0.25) is 0 Å². The number of benzene rings is 1. The molecule has 0 fully saturated rings. The van der Waals surface area contributed by atoms with Gasteiger partial charge in [-0.25, -0.2) is 0 Å². The topological polar surface area (TPSA) is 23.5 Å². The summed E-state index contributed by atoms with van der Waals surface area (Å²) in [6.07, 6.45) is 0.00599. The summed E-state index contributed by atoms with van der Waals surface area (Å²) in [5.41, 5.74) is 0.594. The van der Waals surface area contributed by atoms with Gasteiger partial charge in [-0.15, -0.1) is 0 Å². The Kier molecular flexibility index (Phi) is 6.13. The Morgan fingerprint density at radius 2 is 1.79 bits per heavy atom. The third-order valence-corrected chi connectivity index (χ3v) is 4.42. The van der Waals surface area contributed by atoms with E-state index in [-0.39, 0.29) is 5.54 Å². The first kappa shape index (κ1) is 16.8. The van der Waals surface area contributed by atoms with E-state index in [4.69, 9.17) is 23.2 Å². The number of aliphatic hydroxyl groups is 1. The summed E-state index contributed by atoms with van der Waals surface area (Å²) in [6.45, 7) is 10.1. The molecule has 1 unspecified atom stereocenters. The minimum absolute atomic E-state index is 0.296. The van der Waals surface area contributed by atoms with Crippen molar-refractivity contribution in [2.24, 2.45) is 0 Å². The van der Waals surface area contributed by atoms with Crippen LogP contribution in [0.5, 0.6) is 0 Å². The Bertz CT molecular complexity index is 417. The maximum Gasteiger partial charge on any atom is 0.0759 e. The van der Waals surface area contributed by atoms with Crippen molar-refractivity contribution in [2.75, 3.05) is 13.1 Å². The summed E-state index contributed by atoms with van der Waals surface area (Å²) in [5.74, 6) is 0. The van der Waals surface area contributed by atoms with Crippen LogP contribution in [0.3, 0.4) is 0 Å². The molecule has 0 spiro atoms. The van der Waals surface area contributed by atoms with Crippen LogP contribution in [0.15, 0.2) is 18.2 Å². The molecule has 1 rings (SSSR count). The van der Waals surface area contributed by atoms with Crippen LogP contribution in [-0.2, 0) is 6.42 Å². The maximum atomic E-state index is 10.5. The van der Waals surface area contributed by atoms with Gasteiger partial charge >= 0.3 is 0 Å². The summed E-state index contributed by atoms with van der Waals surface area (Å²) in [6, 6.07) is 5.36. The Hall–Kier alpha value is -0.280. The first-order valence-corrected chi connectivity index (χ1v) is 7.45. The molecule has 0 amide bonds. The lowest BCUT2D eigenvalue weighted by molar-refractivity contribution is -0.00413. The lowest BCUT2D eigenvalue weighted by Gasteiger charge is -2.41. The monoisotopic (exact) mass is 303 g/mol.